The summed E-state index contributed by atoms with van der Waals surface area (Å²) in [6.07, 6.45) is 0. The standard InChI is InChI=1S/C9H7ClO3/c1-5-4-6(2-3-7(5)10)8(11)9(12)13/h2-4H,1H3,(H,12,13). The van der Waals surface area contributed by atoms with Crippen LogP contribution in [0.2, 0.25) is 5.02 Å². The van der Waals surface area contributed by atoms with E-state index in [1.54, 1.807) is 6.92 Å². The highest BCUT2D eigenvalue weighted by molar-refractivity contribution is 6.40. The van der Waals surface area contributed by atoms with Gasteiger partial charge in [0, 0.05) is 10.6 Å². The Kier molecular flexibility index (Phi) is 2.68. The molecule has 0 amide bonds. The first kappa shape index (κ1) is 9.74. The number of rotatable bonds is 2. The van der Waals surface area contributed by atoms with Gasteiger partial charge in [0.15, 0.2) is 0 Å². The molecule has 1 N–H and O–H groups in total. The monoisotopic (exact) mass is 198 g/mol. The number of halogens is 1. The Morgan fingerprint density at radius 3 is 2.46 bits per heavy atom. The van der Waals surface area contributed by atoms with Crippen molar-refractivity contribution < 1.29 is 14.7 Å². The van der Waals surface area contributed by atoms with Gasteiger partial charge in [-0.15, -0.1) is 0 Å². The third-order valence-electron chi connectivity index (χ3n) is 1.61. The molecule has 0 aliphatic heterocycles. The fraction of sp³-hybridized carbons (Fsp3) is 0.111. The van der Waals surface area contributed by atoms with Gasteiger partial charge >= 0.3 is 5.97 Å². The zero-order valence-corrected chi connectivity index (χ0v) is 7.63. The van der Waals surface area contributed by atoms with Crippen LogP contribution in [0.5, 0.6) is 0 Å². The Morgan fingerprint density at radius 1 is 1.38 bits per heavy atom. The van der Waals surface area contributed by atoms with Crippen LogP contribution < -0.4 is 0 Å². The van der Waals surface area contributed by atoms with Crippen LogP contribution in [-0.4, -0.2) is 16.9 Å². The van der Waals surface area contributed by atoms with Gasteiger partial charge in [-0.05, 0) is 30.7 Å². The van der Waals surface area contributed by atoms with Crippen LogP contribution in [-0.2, 0) is 4.79 Å². The number of Topliss-reactive ketones (excluding diaryl/α,β-unsaturated/α-hetero) is 1. The average Bonchev–Trinajstić information content (AvgIpc) is 2.08. The predicted octanol–water partition coefficient (Wildman–Crippen LogP) is 1.92. The number of carboxylic acids is 1. The zero-order chi connectivity index (χ0) is 10.0. The zero-order valence-electron chi connectivity index (χ0n) is 6.87. The second kappa shape index (κ2) is 3.58. The van der Waals surface area contributed by atoms with E-state index in [9.17, 15) is 9.59 Å². The number of ketones is 1. The van der Waals surface area contributed by atoms with Crippen molar-refractivity contribution in [1.82, 2.24) is 0 Å². The number of aliphatic carboxylic acids is 1. The molecule has 0 aromatic heterocycles. The van der Waals surface area contributed by atoms with Gasteiger partial charge in [-0.2, -0.15) is 0 Å². The average molecular weight is 199 g/mol. The molecular formula is C9H7ClO3. The molecule has 68 valence electrons. The molecule has 13 heavy (non-hydrogen) atoms. The molecular weight excluding hydrogens is 192 g/mol. The molecule has 0 saturated carbocycles. The molecule has 0 aliphatic rings. The molecule has 0 aliphatic carbocycles. The Balaban J connectivity index is 3.11. The van der Waals surface area contributed by atoms with Crippen molar-refractivity contribution in [2.24, 2.45) is 0 Å². The van der Waals surface area contributed by atoms with Gasteiger partial charge in [0.05, 0.1) is 0 Å². The number of benzene rings is 1. The summed E-state index contributed by atoms with van der Waals surface area (Å²) >= 11 is 5.71. The summed E-state index contributed by atoms with van der Waals surface area (Å²) in [5.41, 5.74) is 0.836. The minimum absolute atomic E-state index is 0.148. The molecule has 0 atom stereocenters. The molecule has 1 rings (SSSR count). The summed E-state index contributed by atoms with van der Waals surface area (Å²) in [6, 6.07) is 4.36. The summed E-state index contributed by atoms with van der Waals surface area (Å²) in [5, 5.41) is 8.93. The lowest BCUT2D eigenvalue weighted by atomic mass is 10.1. The molecule has 0 saturated heterocycles. The van der Waals surface area contributed by atoms with Crippen LogP contribution in [0, 0.1) is 6.92 Å². The predicted molar refractivity (Wildman–Crippen MR) is 48.2 cm³/mol. The number of hydrogen-bond acceptors (Lipinski definition) is 2. The molecule has 4 heteroatoms. The maximum atomic E-state index is 11.0. The summed E-state index contributed by atoms with van der Waals surface area (Å²) < 4.78 is 0. The van der Waals surface area contributed by atoms with E-state index in [-0.39, 0.29) is 5.56 Å². The van der Waals surface area contributed by atoms with E-state index in [4.69, 9.17) is 16.7 Å². The lowest BCUT2D eigenvalue weighted by Crippen LogP contribution is -2.12. The summed E-state index contributed by atoms with van der Waals surface area (Å²) in [7, 11) is 0. The molecule has 1 aromatic rings. The highest BCUT2D eigenvalue weighted by Crippen LogP contribution is 2.16. The first-order valence-corrected chi connectivity index (χ1v) is 3.94. The van der Waals surface area contributed by atoms with Crippen LogP contribution in [0.1, 0.15) is 15.9 Å². The molecule has 0 fully saturated rings. The van der Waals surface area contributed by atoms with E-state index >= 15 is 0 Å². The van der Waals surface area contributed by atoms with Gasteiger partial charge in [0.25, 0.3) is 5.78 Å². The van der Waals surface area contributed by atoms with Gasteiger partial charge in [-0.1, -0.05) is 11.6 Å². The van der Waals surface area contributed by atoms with Gasteiger partial charge in [-0.3, -0.25) is 4.79 Å². The lowest BCUT2D eigenvalue weighted by molar-refractivity contribution is -0.131. The summed E-state index contributed by atoms with van der Waals surface area (Å²) in [4.78, 5) is 21.3. The van der Waals surface area contributed by atoms with Crippen LogP contribution >= 0.6 is 11.6 Å². The first-order valence-electron chi connectivity index (χ1n) is 3.56. The van der Waals surface area contributed by atoms with Gasteiger partial charge < -0.3 is 5.11 Å². The second-order valence-electron chi connectivity index (χ2n) is 2.60. The Hall–Kier alpha value is -1.35. The fourth-order valence-electron chi connectivity index (χ4n) is 0.909. The topological polar surface area (TPSA) is 54.4 Å². The molecule has 0 radical (unpaired) electrons. The van der Waals surface area contributed by atoms with Gasteiger partial charge in [-0.25, -0.2) is 4.79 Å². The van der Waals surface area contributed by atoms with Crippen molar-refractivity contribution in [3.05, 3.63) is 34.3 Å². The minimum atomic E-state index is -1.46. The maximum absolute atomic E-state index is 11.0. The van der Waals surface area contributed by atoms with Crippen LogP contribution in [0.15, 0.2) is 18.2 Å². The quantitative estimate of drug-likeness (QED) is 0.584. The summed E-state index contributed by atoms with van der Waals surface area (Å²) in [6.45, 7) is 1.71. The number of aryl methyl sites for hydroxylation is 1. The van der Waals surface area contributed by atoms with E-state index < -0.39 is 11.8 Å². The first-order chi connectivity index (χ1) is 6.02. The largest absolute Gasteiger partial charge is 0.475 e. The van der Waals surface area contributed by atoms with Gasteiger partial charge in [0.2, 0.25) is 0 Å². The van der Waals surface area contributed by atoms with Crippen molar-refractivity contribution in [2.45, 2.75) is 6.92 Å². The minimum Gasteiger partial charge on any atom is -0.475 e. The third-order valence-corrected chi connectivity index (χ3v) is 2.04. The van der Waals surface area contributed by atoms with Crippen molar-refractivity contribution in [1.29, 1.82) is 0 Å². The highest BCUT2D eigenvalue weighted by atomic mass is 35.5. The van der Waals surface area contributed by atoms with Crippen LogP contribution in [0.25, 0.3) is 0 Å². The van der Waals surface area contributed by atoms with Crippen LogP contribution in [0.3, 0.4) is 0 Å². The van der Waals surface area contributed by atoms with Crippen molar-refractivity contribution >= 4 is 23.4 Å². The van der Waals surface area contributed by atoms with E-state index in [2.05, 4.69) is 0 Å². The molecule has 3 nitrogen and oxygen atoms in total. The fourth-order valence-corrected chi connectivity index (χ4v) is 1.03. The van der Waals surface area contributed by atoms with E-state index in [1.807, 2.05) is 0 Å². The maximum Gasteiger partial charge on any atom is 0.377 e. The number of carbonyl (C=O) groups is 2. The van der Waals surface area contributed by atoms with Crippen LogP contribution in [0.4, 0.5) is 0 Å². The second-order valence-corrected chi connectivity index (χ2v) is 3.01. The Morgan fingerprint density at radius 2 is 2.00 bits per heavy atom. The molecule has 1 aromatic carbocycles. The smallest absolute Gasteiger partial charge is 0.377 e. The molecule has 0 unspecified atom stereocenters. The van der Waals surface area contributed by atoms with Gasteiger partial charge in [0.1, 0.15) is 0 Å². The Bertz CT molecular complexity index is 371. The highest BCUT2D eigenvalue weighted by Gasteiger charge is 2.14. The van der Waals surface area contributed by atoms with E-state index in [0.717, 1.165) is 0 Å². The van der Waals surface area contributed by atoms with E-state index in [1.165, 1.54) is 18.2 Å². The van der Waals surface area contributed by atoms with E-state index in [0.29, 0.717) is 10.6 Å². The lowest BCUT2D eigenvalue weighted by Gasteiger charge is -1.99. The molecule has 0 bridgehead atoms. The SMILES string of the molecule is Cc1cc(C(=O)C(=O)O)ccc1Cl. The molecule has 0 heterocycles. The number of carboxylic acid groups (broad SMARTS) is 1. The summed E-state index contributed by atoms with van der Waals surface area (Å²) in [5.74, 6) is -2.37. The van der Waals surface area contributed by atoms with Crippen molar-refractivity contribution in [2.75, 3.05) is 0 Å². The Labute approximate surface area is 79.9 Å². The molecule has 0 spiro atoms. The number of carbonyl (C=O) groups excluding carboxylic acids is 1. The number of hydrogen-bond donors (Lipinski definition) is 1. The third kappa shape index (κ3) is 2.06. The van der Waals surface area contributed by atoms with Crippen molar-refractivity contribution in [3.8, 4) is 0 Å². The normalized spacial score (nSPS) is 9.69. The van der Waals surface area contributed by atoms with Crippen molar-refractivity contribution in [3.63, 3.8) is 0 Å².